The molecule has 18 heavy (non-hydrogen) atoms. The summed E-state index contributed by atoms with van der Waals surface area (Å²) in [5, 5.41) is 0. The van der Waals surface area contributed by atoms with Crippen LogP contribution >= 0.6 is 0 Å². The fourth-order valence-electron chi connectivity index (χ4n) is 2.01. The standard InChI is InChI=1S/C16H28O2/c1-3-4-5-6-7-8-9-10-11-12-13-14-15-16(17)18-2/h1H,4-15H2,2H3. The molecule has 0 bridgehead atoms. The second-order valence-corrected chi connectivity index (χ2v) is 4.82. The Balaban J connectivity index is 2.99. The number of hydrogen-bond acceptors (Lipinski definition) is 2. The molecular formula is C16H28O2. The minimum Gasteiger partial charge on any atom is -0.469 e. The number of carbonyl (C=O) groups excluding carboxylic acids is 1. The van der Waals surface area contributed by atoms with Crippen LogP contribution in [-0.2, 0) is 9.53 Å². The first-order chi connectivity index (χ1) is 8.81. The number of rotatable bonds is 12. The van der Waals surface area contributed by atoms with E-state index in [-0.39, 0.29) is 5.97 Å². The molecule has 0 aliphatic heterocycles. The second kappa shape index (κ2) is 14.1. The quantitative estimate of drug-likeness (QED) is 0.291. The molecule has 0 aliphatic rings. The maximum absolute atomic E-state index is 10.9. The molecule has 104 valence electrons. The van der Waals surface area contributed by atoms with Crippen molar-refractivity contribution < 1.29 is 9.53 Å². The molecule has 0 aromatic carbocycles. The SMILES string of the molecule is C#CCCCCCCCCCCCCC(=O)OC. The Bertz CT molecular complexity index is 228. The van der Waals surface area contributed by atoms with Gasteiger partial charge in [-0.3, -0.25) is 4.79 Å². The summed E-state index contributed by atoms with van der Waals surface area (Å²) in [4.78, 5) is 10.9. The number of ether oxygens (including phenoxy) is 1. The molecule has 0 spiro atoms. The first-order valence-electron chi connectivity index (χ1n) is 7.31. The van der Waals surface area contributed by atoms with Gasteiger partial charge in [-0.2, -0.15) is 0 Å². The van der Waals surface area contributed by atoms with Crippen LogP contribution in [-0.4, -0.2) is 13.1 Å². The van der Waals surface area contributed by atoms with Crippen molar-refractivity contribution in [3.05, 3.63) is 0 Å². The molecule has 0 N–H and O–H groups in total. The van der Waals surface area contributed by atoms with E-state index in [4.69, 9.17) is 6.42 Å². The second-order valence-electron chi connectivity index (χ2n) is 4.82. The zero-order valence-electron chi connectivity index (χ0n) is 11.9. The Labute approximate surface area is 112 Å². The topological polar surface area (TPSA) is 26.3 Å². The molecular weight excluding hydrogens is 224 g/mol. The van der Waals surface area contributed by atoms with E-state index in [1.165, 1.54) is 58.5 Å². The van der Waals surface area contributed by atoms with Crippen LogP contribution in [0.3, 0.4) is 0 Å². The van der Waals surface area contributed by atoms with Gasteiger partial charge in [0.25, 0.3) is 0 Å². The predicted molar refractivity (Wildman–Crippen MR) is 76.3 cm³/mol. The van der Waals surface area contributed by atoms with Gasteiger partial charge in [-0.25, -0.2) is 0 Å². The third-order valence-electron chi connectivity index (χ3n) is 3.18. The van der Waals surface area contributed by atoms with Crippen LogP contribution in [0.4, 0.5) is 0 Å². The number of terminal acetylenes is 1. The van der Waals surface area contributed by atoms with Crippen molar-refractivity contribution in [3.8, 4) is 12.3 Å². The third kappa shape index (κ3) is 13.1. The lowest BCUT2D eigenvalue weighted by molar-refractivity contribution is -0.140. The summed E-state index contributed by atoms with van der Waals surface area (Å²) in [5.74, 6) is 2.60. The summed E-state index contributed by atoms with van der Waals surface area (Å²) in [7, 11) is 1.45. The van der Waals surface area contributed by atoms with Gasteiger partial charge < -0.3 is 4.74 Å². The number of hydrogen-bond donors (Lipinski definition) is 0. The molecule has 0 rings (SSSR count). The lowest BCUT2D eigenvalue weighted by Gasteiger charge is -2.02. The van der Waals surface area contributed by atoms with Gasteiger partial charge in [0.05, 0.1) is 7.11 Å². The Morgan fingerprint density at radius 1 is 0.889 bits per heavy atom. The largest absolute Gasteiger partial charge is 0.469 e. The van der Waals surface area contributed by atoms with Gasteiger partial charge in [0, 0.05) is 12.8 Å². The summed E-state index contributed by atoms with van der Waals surface area (Å²) < 4.78 is 4.60. The first kappa shape index (κ1) is 17.0. The zero-order valence-corrected chi connectivity index (χ0v) is 11.9. The van der Waals surface area contributed by atoms with Gasteiger partial charge in [-0.15, -0.1) is 12.3 Å². The molecule has 0 heterocycles. The van der Waals surface area contributed by atoms with Crippen molar-refractivity contribution >= 4 is 5.97 Å². The Morgan fingerprint density at radius 3 is 1.78 bits per heavy atom. The van der Waals surface area contributed by atoms with E-state index in [0.717, 1.165) is 19.3 Å². The summed E-state index contributed by atoms with van der Waals surface area (Å²) in [6, 6.07) is 0. The van der Waals surface area contributed by atoms with Crippen LogP contribution in [0.5, 0.6) is 0 Å². The third-order valence-corrected chi connectivity index (χ3v) is 3.18. The summed E-state index contributed by atoms with van der Waals surface area (Å²) in [6.45, 7) is 0. The summed E-state index contributed by atoms with van der Waals surface area (Å²) in [6.07, 6.45) is 19.2. The van der Waals surface area contributed by atoms with Crippen LogP contribution < -0.4 is 0 Å². The van der Waals surface area contributed by atoms with Gasteiger partial charge in [-0.05, 0) is 12.8 Å². The van der Waals surface area contributed by atoms with Crippen LogP contribution in [0, 0.1) is 12.3 Å². The Kier molecular flexibility index (Phi) is 13.3. The average Bonchev–Trinajstić information content (AvgIpc) is 2.39. The van der Waals surface area contributed by atoms with Gasteiger partial charge in [0.15, 0.2) is 0 Å². The first-order valence-corrected chi connectivity index (χ1v) is 7.31. The molecule has 0 aliphatic carbocycles. The molecule has 0 saturated carbocycles. The van der Waals surface area contributed by atoms with E-state index < -0.39 is 0 Å². The smallest absolute Gasteiger partial charge is 0.305 e. The predicted octanol–water partition coefficient (Wildman–Crippen LogP) is 4.47. The lowest BCUT2D eigenvalue weighted by Crippen LogP contribution is -1.99. The van der Waals surface area contributed by atoms with Gasteiger partial charge in [-0.1, -0.05) is 51.4 Å². The van der Waals surface area contributed by atoms with Gasteiger partial charge >= 0.3 is 5.97 Å². The molecule has 0 amide bonds. The van der Waals surface area contributed by atoms with Crippen molar-refractivity contribution in [2.24, 2.45) is 0 Å². The fourth-order valence-corrected chi connectivity index (χ4v) is 2.01. The Hall–Kier alpha value is -0.970. The molecule has 2 heteroatoms. The zero-order chi connectivity index (χ0) is 13.5. The Morgan fingerprint density at radius 2 is 1.33 bits per heavy atom. The number of esters is 1. The maximum Gasteiger partial charge on any atom is 0.305 e. The highest BCUT2D eigenvalue weighted by Crippen LogP contribution is 2.11. The molecule has 2 nitrogen and oxygen atoms in total. The molecule has 0 fully saturated rings. The van der Waals surface area contributed by atoms with Crippen molar-refractivity contribution in [1.82, 2.24) is 0 Å². The van der Waals surface area contributed by atoms with Gasteiger partial charge in [0.2, 0.25) is 0 Å². The van der Waals surface area contributed by atoms with Crippen LogP contribution in [0.1, 0.15) is 77.0 Å². The highest BCUT2D eigenvalue weighted by molar-refractivity contribution is 5.68. The molecule has 0 saturated heterocycles. The summed E-state index contributed by atoms with van der Waals surface area (Å²) in [5.41, 5.74) is 0. The lowest BCUT2D eigenvalue weighted by atomic mass is 10.1. The highest BCUT2D eigenvalue weighted by atomic mass is 16.5. The van der Waals surface area contributed by atoms with Crippen molar-refractivity contribution in [1.29, 1.82) is 0 Å². The van der Waals surface area contributed by atoms with Crippen LogP contribution in [0.15, 0.2) is 0 Å². The molecule has 0 atom stereocenters. The van der Waals surface area contributed by atoms with Crippen LogP contribution in [0.2, 0.25) is 0 Å². The molecule has 0 aromatic heterocycles. The number of unbranched alkanes of at least 4 members (excludes halogenated alkanes) is 10. The van der Waals surface area contributed by atoms with E-state index in [0.29, 0.717) is 6.42 Å². The highest BCUT2D eigenvalue weighted by Gasteiger charge is 1.98. The van der Waals surface area contributed by atoms with Crippen LogP contribution in [0.25, 0.3) is 0 Å². The average molecular weight is 252 g/mol. The molecule has 0 radical (unpaired) electrons. The van der Waals surface area contributed by atoms with Crippen molar-refractivity contribution in [2.75, 3.05) is 7.11 Å². The van der Waals surface area contributed by atoms with Crippen molar-refractivity contribution in [3.63, 3.8) is 0 Å². The van der Waals surface area contributed by atoms with E-state index in [1.54, 1.807) is 0 Å². The van der Waals surface area contributed by atoms with E-state index >= 15 is 0 Å². The monoisotopic (exact) mass is 252 g/mol. The van der Waals surface area contributed by atoms with E-state index in [9.17, 15) is 4.79 Å². The minimum absolute atomic E-state index is 0.0815. The summed E-state index contributed by atoms with van der Waals surface area (Å²) >= 11 is 0. The molecule has 0 aromatic rings. The number of methoxy groups -OCH3 is 1. The molecule has 0 unspecified atom stereocenters. The van der Waals surface area contributed by atoms with Crippen molar-refractivity contribution in [2.45, 2.75) is 77.0 Å². The van der Waals surface area contributed by atoms with E-state index in [2.05, 4.69) is 10.7 Å². The normalized spacial score (nSPS) is 10.0. The maximum atomic E-state index is 10.9. The number of carbonyl (C=O) groups is 1. The van der Waals surface area contributed by atoms with Gasteiger partial charge in [0.1, 0.15) is 0 Å². The fraction of sp³-hybridized carbons (Fsp3) is 0.812. The van der Waals surface area contributed by atoms with E-state index in [1.807, 2.05) is 0 Å². The minimum atomic E-state index is -0.0815.